The molecule has 2 aromatic heterocycles. The first kappa shape index (κ1) is 19.4. The van der Waals surface area contributed by atoms with Gasteiger partial charge in [-0.2, -0.15) is 4.39 Å². The van der Waals surface area contributed by atoms with Gasteiger partial charge in [0.05, 0.1) is 29.8 Å². The van der Waals surface area contributed by atoms with Gasteiger partial charge in [-0.25, -0.2) is 13.8 Å². The van der Waals surface area contributed by atoms with Crippen molar-refractivity contribution in [3.63, 3.8) is 0 Å². The van der Waals surface area contributed by atoms with E-state index in [9.17, 15) is 23.1 Å². The molecule has 5 nitrogen and oxygen atoms in total. The molecule has 1 aromatic carbocycles. The molecule has 0 bridgehead atoms. The second kappa shape index (κ2) is 7.87. The molecule has 4 rings (SSSR count). The molecule has 0 aliphatic heterocycles. The number of fused-ring (bicyclic) bond motifs is 1. The number of carbonyl (C=O) groups excluding carboxylic acids is 1. The monoisotopic (exact) mass is 403 g/mol. The van der Waals surface area contributed by atoms with Crippen LogP contribution in [0.5, 0.6) is 0 Å². The number of aliphatic hydroxyl groups is 1. The summed E-state index contributed by atoms with van der Waals surface area (Å²) >= 11 is 0. The first-order chi connectivity index (χ1) is 14.0. The van der Waals surface area contributed by atoms with Crippen LogP contribution in [-0.2, 0) is 6.54 Å². The molecular formula is C21H20F3N3O2. The molecule has 152 valence electrons. The highest BCUT2D eigenvalue weighted by atomic mass is 19.2. The van der Waals surface area contributed by atoms with Crippen LogP contribution in [0.15, 0.2) is 36.7 Å². The fourth-order valence-corrected chi connectivity index (χ4v) is 3.90. The molecular weight excluding hydrogens is 383 g/mol. The molecule has 1 amide bonds. The van der Waals surface area contributed by atoms with Gasteiger partial charge in [-0.15, -0.1) is 0 Å². The van der Waals surface area contributed by atoms with Crippen LogP contribution in [0.1, 0.15) is 41.6 Å². The minimum Gasteiger partial charge on any atom is -0.391 e. The van der Waals surface area contributed by atoms with E-state index in [1.165, 1.54) is 29.0 Å². The van der Waals surface area contributed by atoms with Gasteiger partial charge < -0.3 is 15.0 Å². The number of hydrogen-bond acceptors (Lipinski definition) is 3. The average Bonchev–Trinajstić information content (AvgIpc) is 3.07. The highest BCUT2D eigenvalue weighted by molar-refractivity contribution is 6.07. The maximum atomic E-state index is 14.6. The van der Waals surface area contributed by atoms with Crippen LogP contribution in [0.4, 0.5) is 13.2 Å². The standard InChI is InChI=1S/C21H20F3N3O2/c22-14-4-3-6-16-18(14)13(21(29)26-15-5-1-2-7-17(15)28)11-27(16)10-12-8-9-25-20(24)19(12)23/h3-4,6,8-9,11,15,17,28H,1-2,5,7,10H2,(H,26,29)/t15-,17-/m0/s1. The van der Waals surface area contributed by atoms with Crippen LogP contribution in [0.25, 0.3) is 10.9 Å². The summed E-state index contributed by atoms with van der Waals surface area (Å²) in [7, 11) is 0. The van der Waals surface area contributed by atoms with E-state index in [-0.39, 0.29) is 23.1 Å². The molecule has 2 heterocycles. The number of nitrogens with zero attached hydrogens (tertiary/aromatic N) is 2. The van der Waals surface area contributed by atoms with Gasteiger partial charge in [0.1, 0.15) is 5.82 Å². The summed E-state index contributed by atoms with van der Waals surface area (Å²) in [4.78, 5) is 16.1. The highest BCUT2D eigenvalue weighted by Gasteiger charge is 2.27. The van der Waals surface area contributed by atoms with Gasteiger partial charge in [-0.3, -0.25) is 4.79 Å². The predicted octanol–water partition coefficient (Wildman–Crippen LogP) is 3.54. The zero-order chi connectivity index (χ0) is 20.5. The summed E-state index contributed by atoms with van der Waals surface area (Å²) < 4.78 is 43.6. The van der Waals surface area contributed by atoms with Crippen molar-refractivity contribution in [2.24, 2.45) is 0 Å². The van der Waals surface area contributed by atoms with E-state index < -0.39 is 35.6 Å². The molecule has 1 aliphatic carbocycles. The summed E-state index contributed by atoms with van der Waals surface area (Å²) in [5.41, 5.74) is 0.509. The zero-order valence-corrected chi connectivity index (χ0v) is 15.5. The first-order valence-corrected chi connectivity index (χ1v) is 9.51. The zero-order valence-electron chi connectivity index (χ0n) is 15.5. The van der Waals surface area contributed by atoms with Gasteiger partial charge >= 0.3 is 0 Å². The van der Waals surface area contributed by atoms with Gasteiger partial charge in [0.25, 0.3) is 5.91 Å². The summed E-state index contributed by atoms with van der Waals surface area (Å²) in [5, 5.41) is 13.0. The number of halogens is 3. The van der Waals surface area contributed by atoms with Crippen molar-refractivity contribution in [1.29, 1.82) is 0 Å². The summed E-state index contributed by atoms with van der Waals surface area (Å²) in [6.07, 6.45) is 4.98. The molecule has 29 heavy (non-hydrogen) atoms. The van der Waals surface area contributed by atoms with E-state index in [0.717, 1.165) is 19.0 Å². The molecule has 0 radical (unpaired) electrons. The van der Waals surface area contributed by atoms with E-state index >= 15 is 0 Å². The lowest BCUT2D eigenvalue weighted by atomic mass is 9.92. The molecule has 1 saturated carbocycles. The van der Waals surface area contributed by atoms with Crippen LogP contribution in [0.2, 0.25) is 0 Å². The number of pyridine rings is 1. The number of hydrogen-bond donors (Lipinski definition) is 2. The third kappa shape index (κ3) is 3.72. The predicted molar refractivity (Wildman–Crippen MR) is 101 cm³/mol. The molecule has 0 unspecified atom stereocenters. The van der Waals surface area contributed by atoms with Crippen molar-refractivity contribution in [2.45, 2.75) is 44.4 Å². The van der Waals surface area contributed by atoms with Crippen molar-refractivity contribution < 1.29 is 23.1 Å². The van der Waals surface area contributed by atoms with Gasteiger partial charge in [-0.1, -0.05) is 18.9 Å². The minimum atomic E-state index is -1.21. The molecule has 3 aromatic rings. The molecule has 2 atom stereocenters. The Bertz CT molecular complexity index is 1070. The van der Waals surface area contributed by atoms with E-state index in [4.69, 9.17) is 0 Å². The van der Waals surface area contributed by atoms with Crippen molar-refractivity contribution in [3.8, 4) is 0 Å². The number of aliphatic hydroxyl groups excluding tert-OH is 1. The first-order valence-electron chi connectivity index (χ1n) is 9.51. The van der Waals surface area contributed by atoms with E-state index in [1.54, 1.807) is 6.07 Å². The Morgan fingerprint density at radius 2 is 2.00 bits per heavy atom. The van der Waals surface area contributed by atoms with Crippen molar-refractivity contribution >= 4 is 16.8 Å². The van der Waals surface area contributed by atoms with Gasteiger partial charge in [-0.05, 0) is 31.0 Å². The van der Waals surface area contributed by atoms with Gasteiger partial charge in [0, 0.05) is 23.3 Å². The lowest BCUT2D eigenvalue weighted by Crippen LogP contribution is -2.45. The SMILES string of the molecule is O=C(N[C@H]1CCCC[C@@H]1O)c1cn(Cc2ccnc(F)c2F)c2cccc(F)c12. The molecule has 0 saturated heterocycles. The maximum Gasteiger partial charge on any atom is 0.253 e. The topological polar surface area (TPSA) is 67.2 Å². The molecule has 0 spiro atoms. The smallest absolute Gasteiger partial charge is 0.253 e. The van der Waals surface area contributed by atoms with Gasteiger partial charge in [0.2, 0.25) is 5.95 Å². The lowest BCUT2D eigenvalue weighted by Gasteiger charge is -2.28. The average molecular weight is 403 g/mol. The van der Waals surface area contributed by atoms with Crippen molar-refractivity contribution in [1.82, 2.24) is 14.9 Å². The van der Waals surface area contributed by atoms with Crippen LogP contribution in [-0.4, -0.2) is 32.7 Å². The van der Waals surface area contributed by atoms with Gasteiger partial charge in [0.15, 0.2) is 5.82 Å². The number of carbonyl (C=O) groups is 1. The molecule has 1 aliphatic rings. The molecule has 2 N–H and O–H groups in total. The van der Waals surface area contributed by atoms with Crippen molar-refractivity contribution in [2.75, 3.05) is 0 Å². The number of benzene rings is 1. The number of aromatic nitrogens is 2. The van der Waals surface area contributed by atoms with Crippen LogP contribution in [0.3, 0.4) is 0 Å². The Kier molecular flexibility index (Phi) is 5.27. The maximum absolute atomic E-state index is 14.6. The van der Waals surface area contributed by atoms with Crippen LogP contribution in [0, 0.1) is 17.6 Å². The quantitative estimate of drug-likeness (QED) is 0.655. The van der Waals surface area contributed by atoms with Crippen molar-refractivity contribution in [3.05, 3.63) is 65.4 Å². The Morgan fingerprint density at radius 1 is 1.21 bits per heavy atom. The Morgan fingerprint density at radius 3 is 2.79 bits per heavy atom. The molecule has 8 heteroatoms. The largest absolute Gasteiger partial charge is 0.391 e. The summed E-state index contributed by atoms with van der Waals surface area (Å²) in [5.74, 6) is -3.39. The molecule has 1 fully saturated rings. The summed E-state index contributed by atoms with van der Waals surface area (Å²) in [6.45, 7) is -0.0927. The van der Waals surface area contributed by atoms with E-state index in [2.05, 4.69) is 10.3 Å². The number of amides is 1. The second-order valence-corrected chi connectivity index (χ2v) is 7.31. The van der Waals surface area contributed by atoms with Crippen LogP contribution < -0.4 is 5.32 Å². The van der Waals surface area contributed by atoms with Crippen LogP contribution >= 0.6 is 0 Å². The number of rotatable bonds is 4. The van der Waals surface area contributed by atoms with E-state index in [0.29, 0.717) is 18.4 Å². The van der Waals surface area contributed by atoms with E-state index in [1.807, 2.05) is 0 Å². The Balaban J connectivity index is 1.71. The summed E-state index contributed by atoms with van der Waals surface area (Å²) in [6, 6.07) is 5.28. The third-order valence-electron chi connectivity index (χ3n) is 5.41. The number of nitrogens with one attached hydrogen (secondary N) is 1. The fourth-order valence-electron chi connectivity index (χ4n) is 3.90. The highest BCUT2D eigenvalue weighted by Crippen LogP contribution is 2.27. The normalized spacial score (nSPS) is 19.4. The fraction of sp³-hybridized carbons (Fsp3) is 0.333. The Labute approximate surface area is 165 Å². The second-order valence-electron chi connectivity index (χ2n) is 7.31. The minimum absolute atomic E-state index is 0.0355. The Hall–Kier alpha value is -2.87. The lowest BCUT2D eigenvalue weighted by molar-refractivity contribution is 0.0718. The third-order valence-corrected chi connectivity index (χ3v) is 5.41.